The molecule has 3 rings (SSSR count). The van der Waals surface area contributed by atoms with Crippen LogP contribution in [0.4, 0.5) is 15.3 Å². The van der Waals surface area contributed by atoms with Crippen molar-refractivity contribution in [2.45, 2.75) is 25.3 Å². The number of likely N-dealkylation sites (tertiary alicyclic amines) is 1. The Balaban J connectivity index is 1.74. The lowest BCUT2D eigenvalue weighted by Crippen LogP contribution is -2.49. The van der Waals surface area contributed by atoms with E-state index >= 15 is 0 Å². The molecule has 23 heavy (non-hydrogen) atoms. The molecule has 0 radical (unpaired) electrons. The first kappa shape index (κ1) is 15.2. The monoisotopic (exact) mass is 314 g/mol. The summed E-state index contributed by atoms with van der Waals surface area (Å²) in [6.45, 7) is 1.43. The third kappa shape index (κ3) is 2.93. The maximum atomic E-state index is 12.5. The molecule has 2 aliphatic heterocycles. The Labute approximate surface area is 134 Å². The molecule has 7 nitrogen and oxygen atoms in total. The Hall–Kier alpha value is -2.75. The first-order valence-corrected chi connectivity index (χ1v) is 7.67. The maximum Gasteiger partial charge on any atom is 0.407 e. The summed E-state index contributed by atoms with van der Waals surface area (Å²) in [7, 11) is 0. The fourth-order valence-corrected chi connectivity index (χ4v) is 3.32. The molecule has 0 unspecified atom stereocenters. The second kappa shape index (κ2) is 6.16. The number of hydrogen-bond donors (Lipinski definition) is 2. The summed E-state index contributed by atoms with van der Waals surface area (Å²) in [5.74, 6) is 0. The van der Waals surface area contributed by atoms with Crippen LogP contribution < -0.4 is 5.32 Å². The Bertz CT molecular complexity index is 674. The molecule has 0 aromatic heterocycles. The molecule has 2 heterocycles. The highest BCUT2D eigenvalue weighted by Crippen LogP contribution is 2.26. The molecule has 1 fully saturated rings. The molecular formula is C16H18N4O3. The Morgan fingerprint density at radius 2 is 2.04 bits per heavy atom. The summed E-state index contributed by atoms with van der Waals surface area (Å²) in [4.78, 5) is 26.6. The highest BCUT2D eigenvalue weighted by Gasteiger charge is 2.31. The van der Waals surface area contributed by atoms with Gasteiger partial charge in [0.15, 0.2) is 0 Å². The SMILES string of the molecule is N#Cc1cccc2c1CCN(C1CCN(C(=O)O)CC1)C(=O)N2. The van der Waals surface area contributed by atoms with E-state index in [1.165, 1.54) is 4.90 Å². The van der Waals surface area contributed by atoms with Crippen molar-refractivity contribution in [2.75, 3.05) is 25.0 Å². The van der Waals surface area contributed by atoms with Gasteiger partial charge in [-0.15, -0.1) is 0 Å². The second-order valence-electron chi connectivity index (χ2n) is 5.82. The van der Waals surface area contributed by atoms with Crippen LogP contribution in [0.2, 0.25) is 0 Å². The number of anilines is 1. The average molecular weight is 314 g/mol. The minimum absolute atomic E-state index is 0.0328. The zero-order valence-electron chi connectivity index (χ0n) is 12.7. The first-order chi connectivity index (χ1) is 11.1. The van der Waals surface area contributed by atoms with E-state index < -0.39 is 6.09 Å². The highest BCUT2D eigenvalue weighted by atomic mass is 16.4. The van der Waals surface area contributed by atoms with Gasteiger partial charge < -0.3 is 20.2 Å². The third-order valence-electron chi connectivity index (χ3n) is 4.58. The van der Waals surface area contributed by atoms with Crippen molar-refractivity contribution in [3.8, 4) is 6.07 Å². The largest absolute Gasteiger partial charge is 0.465 e. The molecule has 2 N–H and O–H groups in total. The van der Waals surface area contributed by atoms with E-state index in [0.717, 1.165) is 5.56 Å². The van der Waals surface area contributed by atoms with Crippen LogP contribution in [-0.2, 0) is 6.42 Å². The zero-order chi connectivity index (χ0) is 16.4. The lowest BCUT2D eigenvalue weighted by Gasteiger charge is -2.36. The van der Waals surface area contributed by atoms with Gasteiger partial charge in [0, 0.05) is 31.4 Å². The van der Waals surface area contributed by atoms with Gasteiger partial charge in [-0.1, -0.05) is 6.07 Å². The highest BCUT2D eigenvalue weighted by molar-refractivity contribution is 5.91. The van der Waals surface area contributed by atoms with Crippen LogP contribution in [0.3, 0.4) is 0 Å². The van der Waals surface area contributed by atoms with E-state index in [-0.39, 0.29) is 12.1 Å². The van der Waals surface area contributed by atoms with Crippen molar-refractivity contribution in [1.29, 1.82) is 5.26 Å². The van der Waals surface area contributed by atoms with Gasteiger partial charge in [-0.3, -0.25) is 0 Å². The molecule has 0 aliphatic carbocycles. The van der Waals surface area contributed by atoms with Gasteiger partial charge >= 0.3 is 12.1 Å². The number of hydrogen-bond acceptors (Lipinski definition) is 3. The van der Waals surface area contributed by atoms with Crippen molar-refractivity contribution in [3.63, 3.8) is 0 Å². The van der Waals surface area contributed by atoms with Crippen LogP contribution in [-0.4, -0.2) is 52.7 Å². The van der Waals surface area contributed by atoms with Gasteiger partial charge in [0.2, 0.25) is 0 Å². The van der Waals surface area contributed by atoms with Crippen molar-refractivity contribution in [2.24, 2.45) is 0 Å². The summed E-state index contributed by atoms with van der Waals surface area (Å²) in [5, 5.41) is 21.1. The van der Waals surface area contributed by atoms with Gasteiger partial charge in [-0.05, 0) is 37.0 Å². The van der Waals surface area contributed by atoms with Gasteiger partial charge in [-0.25, -0.2) is 9.59 Å². The summed E-state index contributed by atoms with van der Waals surface area (Å²) >= 11 is 0. The van der Waals surface area contributed by atoms with E-state index in [4.69, 9.17) is 5.11 Å². The van der Waals surface area contributed by atoms with Crippen molar-refractivity contribution < 1.29 is 14.7 Å². The number of nitrogens with zero attached hydrogens (tertiary/aromatic N) is 3. The topological polar surface area (TPSA) is 96.7 Å². The number of carbonyl (C=O) groups excluding carboxylic acids is 1. The third-order valence-corrected chi connectivity index (χ3v) is 4.58. The number of carboxylic acid groups (broad SMARTS) is 1. The summed E-state index contributed by atoms with van der Waals surface area (Å²) in [6, 6.07) is 7.36. The molecule has 0 spiro atoms. The quantitative estimate of drug-likeness (QED) is 0.829. The average Bonchev–Trinajstić information content (AvgIpc) is 2.72. The van der Waals surface area contributed by atoms with E-state index in [1.807, 2.05) is 6.07 Å². The first-order valence-electron chi connectivity index (χ1n) is 7.67. The predicted molar refractivity (Wildman–Crippen MR) is 83.2 cm³/mol. The molecule has 7 heteroatoms. The lowest BCUT2D eigenvalue weighted by atomic mass is 10.0. The number of fused-ring (bicyclic) bond motifs is 1. The van der Waals surface area contributed by atoms with Crippen LogP contribution in [0.25, 0.3) is 0 Å². The number of benzene rings is 1. The van der Waals surface area contributed by atoms with Crippen LogP contribution in [0.15, 0.2) is 18.2 Å². The molecule has 0 saturated carbocycles. The van der Waals surface area contributed by atoms with Crippen molar-refractivity contribution in [1.82, 2.24) is 9.80 Å². The molecule has 1 aromatic rings. The maximum absolute atomic E-state index is 12.5. The number of nitrogens with one attached hydrogen (secondary N) is 1. The normalized spacial score (nSPS) is 18.7. The predicted octanol–water partition coefficient (Wildman–Crippen LogP) is 2.09. The number of piperidine rings is 1. The van der Waals surface area contributed by atoms with Gasteiger partial charge in [0.1, 0.15) is 0 Å². The van der Waals surface area contributed by atoms with E-state index in [1.54, 1.807) is 17.0 Å². The van der Waals surface area contributed by atoms with Gasteiger partial charge in [0.25, 0.3) is 0 Å². The van der Waals surface area contributed by atoms with Crippen molar-refractivity contribution >= 4 is 17.8 Å². The number of urea groups is 1. The number of carbonyl (C=O) groups is 2. The van der Waals surface area contributed by atoms with Gasteiger partial charge in [-0.2, -0.15) is 5.26 Å². The summed E-state index contributed by atoms with van der Waals surface area (Å²) < 4.78 is 0. The van der Waals surface area contributed by atoms with E-state index in [0.29, 0.717) is 50.1 Å². The van der Waals surface area contributed by atoms with E-state index in [2.05, 4.69) is 11.4 Å². The molecule has 0 bridgehead atoms. The smallest absolute Gasteiger partial charge is 0.407 e. The summed E-state index contributed by atoms with van der Waals surface area (Å²) in [6.07, 6.45) is 0.995. The Morgan fingerprint density at radius 3 is 2.70 bits per heavy atom. The fourth-order valence-electron chi connectivity index (χ4n) is 3.32. The van der Waals surface area contributed by atoms with Crippen molar-refractivity contribution in [3.05, 3.63) is 29.3 Å². The van der Waals surface area contributed by atoms with Crippen LogP contribution in [0.5, 0.6) is 0 Å². The zero-order valence-corrected chi connectivity index (χ0v) is 12.7. The molecule has 1 aromatic carbocycles. The molecular weight excluding hydrogens is 296 g/mol. The Kier molecular flexibility index (Phi) is 4.06. The van der Waals surface area contributed by atoms with Crippen LogP contribution in [0.1, 0.15) is 24.0 Å². The number of rotatable bonds is 1. The molecule has 2 aliphatic rings. The van der Waals surface area contributed by atoms with Gasteiger partial charge in [0.05, 0.1) is 11.6 Å². The molecule has 3 amide bonds. The number of nitriles is 1. The standard InChI is InChI=1S/C16H18N4O3/c17-10-11-2-1-3-14-13(11)6-9-20(15(21)18-14)12-4-7-19(8-5-12)16(22)23/h1-3,12H,4-9H2,(H,18,21)(H,22,23). The molecule has 0 atom stereocenters. The number of amides is 3. The fraction of sp³-hybridized carbons (Fsp3) is 0.438. The Morgan fingerprint density at radius 1 is 1.30 bits per heavy atom. The minimum Gasteiger partial charge on any atom is -0.465 e. The lowest BCUT2D eigenvalue weighted by molar-refractivity contribution is 0.108. The van der Waals surface area contributed by atoms with E-state index in [9.17, 15) is 14.9 Å². The molecule has 120 valence electrons. The van der Waals surface area contributed by atoms with Crippen LogP contribution >= 0.6 is 0 Å². The minimum atomic E-state index is -0.908. The second-order valence-corrected chi connectivity index (χ2v) is 5.82. The molecule has 1 saturated heterocycles. The van der Waals surface area contributed by atoms with Crippen LogP contribution in [0, 0.1) is 11.3 Å². The summed E-state index contributed by atoms with van der Waals surface area (Å²) in [5.41, 5.74) is 2.15.